The molecule has 0 bridgehead atoms. The van der Waals surface area contributed by atoms with Crippen molar-refractivity contribution in [3.8, 4) is 11.1 Å². The van der Waals surface area contributed by atoms with E-state index in [-0.39, 0.29) is 0 Å². The molecule has 0 radical (unpaired) electrons. The quantitative estimate of drug-likeness (QED) is 0.335. The lowest BCUT2D eigenvalue weighted by Gasteiger charge is -2.26. The fourth-order valence-electron chi connectivity index (χ4n) is 3.81. The smallest absolute Gasteiger partial charge is 0.0464 e. The summed E-state index contributed by atoms with van der Waals surface area (Å²) in [6.07, 6.45) is 0. The lowest BCUT2D eigenvalue weighted by molar-refractivity contribution is 1.27. The molecule has 4 aromatic carbocycles. The zero-order chi connectivity index (χ0) is 21.5. The van der Waals surface area contributed by atoms with Crippen LogP contribution in [0.25, 0.3) is 11.1 Å². The van der Waals surface area contributed by atoms with Gasteiger partial charge in [-0.15, -0.1) is 0 Å². The highest BCUT2D eigenvalue weighted by molar-refractivity contribution is 5.80. The summed E-state index contributed by atoms with van der Waals surface area (Å²) in [5, 5.41) is 0. The zero-order valence-electron chi connectivity index (χ0n) is 18.7. The largest absolute Gasteiger partial charge is 0.310 e. The lowest BCUT2D eigenvalue weighted by atomic mass is 9.95. The van der Waals surface area contributed by atoms with Crippen LogP contribution >= 0.6 is 0 Å². The van der Waals surface area contributed by atoms with Crippen LogP contribution in [0.15, 0.2) is 97.1 Å². The Labute approximate surface area is 181 Å². The Kier molecular flexibility index (Phi) is 7.08. The van der Waals surface area contributed by atoms with E-state index in [0.717, 1.165) is 11.4 Å². The predicted octanol–water partition coefficient (Wildman–Crippen LogP) is 8.77. The molecule has 0 saturated heterocycles. The van der Waals surface area contributed by atoms with Gasteiger partial charge < -0.3 is 4.90 Å². The molecule has 1 heteroatoms. The fourth-order valence-corrected chi connectivity index (χ4v) is 3.81. The van der Waals surface area contributed by atoms with E-state index in [4.69, 9.17) is 0 Å². The highest BCUT2D eigenvalue weighted by Gasteiger charge is 2.14. The molecule has 0 aliphatic carbocycles. The number of para-hydroxylation sites is 2. The summed E-state index contributed by atoms with van der Waals surface area (Å²) in [4.78, 5) is 2.30. The van der Waals surface area contributed by atoms with Gasteiger partial charge in [0.25, 0.3) is 0 Å². The predicted molar refractivity (Wildman–Crippen MR) is 132 cm³/mol. The minimum Gasteiger partial charge on any atom is -0.310 e. The molecule has 0 atom stereocenters. The molecule has 0 amide bonds. The van der Waals surface area contributed by atoms with Crippen LogP contribution in [-0.2, 0) is 0 Å². The Morgan fingerprint density at radius 2 is 0.933 bits per heavy atom. The third-order valence-corrected chi connectivity index (χ3v) is 5.17. The van der Waals surface area contributed by atoms with E-state index < -0.39 is 0 Å². The molecule has 152 valence electrons. The van der Waals surface area contributed by atoms with E-state index >= 15 is 0 Å². The van der Waals surface area contributed by atoms with Crippen molar-refractivity contribution >= 4 is 17.1 Å². The third kappa shape index (κ3) is 4.63. The van der Waals surface area contributed by atoms with Crippen LogP contribution in [0, 0.1) is 20.8 Å². The van der Waals surface area contributed by atoms with Crippen LogP contribution in [0.5, 0.6) is 0 Å². The van der Waals surface area contributed by atoms with Crippen molar-refractivity contribution in [1.29, 1.82) is 0 Å². The number of aryl methyl sites for hydroxylation is 3. The molecule has 0 fully saturated rings. The van der Waals surface area contributed by atoms with E-state index in [1.54, 1.807) is 0 Å². The minimum absolute atomic E-state index is 1.16. The maximum absolute atomic E-state index is 2.30. The van der Waals surface area contributed by atoms with E-state index in [0.29, 0.717) is 0 Å². The summed E-state index contributed by atoms with van der Waals surface area (Å²) in [5.41, 5.74) is 9.99. The molecule has 0 aliphatic rings. The number of hydrogen-bond donors (Lipinski definition) is 0. The van der Waals surface area contributed by atoms with Crippen molar-refractivity contribution in [2.75, 3.05) is 4.90 Å². The van der Waals surface area contributed by atoms with Crippen LogP contribution in [0.3, 0.4) is 0 Å². The molecule has 0 spiro atoms. The average Bonchev–Trinajstić information content (AvgIpc) is 2.78. The van der Waals surface area contributed by atoms with Gasteiger partial charge in [-0.1, -0.05) is 80.1 Å². The summed E-state index contributed by atoms with van der Waals surface area (Å²) in [6, 6.07) is 34.5. The van der Waals surface area contributed by atoms with Gasteiger partial charge in [-0.25, -0.2) is 0 Å². The van der Waals surface area contributed by atoms with E-state index in [1.165, 1.54) is 33.5 Å². The standard InChI is InChI=1S/C27H25N.C2H6/c1-20-14-16-26(21(2)18-20)27-17-15-25(19-22(27)3)28(23-10-6-4-7-11-23)24-12-8-5-9-13-24;1-2/h4-19H,1-3H3;1-2H3. The van der Waals surface area contributed by atoms with Crippen molar-refractivity contribution in [2.24, 2.45) is 0 Å². The number of hydrogen-bond acceptors (Lipinski definition) is 1. The molecule has 0 N–H and O–H groups in total. The summed E-state index contributed by atoms with van der Waals surface area (Å²) in [7, 11) is 0. The first kappa shape index (κ1) is 21.4. The molecule has 0 aliphatic heterocycles. The molecular weight excluding hydrogens is 362 g/mol. The van der Waals surface area contributed by atoms with Crippen molar-refractivity contribution < 1.29 is 0 Å². The molecule has 4 rings (SSSR count). The number of nitrogens with zero attached hydrogens (tertiary/aromatic N) is 1. The number of benzene rings is 4. The monoisotopic (exact) mass is 393 g/mol. The van der Waals surface area contributed by atoms with Crippen LogP contribution in [0.4, 0.5) is 17.1 Å². The first-order valence-electron chi connectivity index (χ1n) is 10.7. The summed E-state index contributed by atoms with van der Waals surface area (Å²) >= 11 is 0. The molecule has 1 nitrogen and oxygen atoms in total. The third-order valence-electron chi connectivity index (χ3n) is 5.17. The molecule has 0 aromatic heterocycles. The highest BCUT2D eigenvalue weighted by atomic mass is 15.1. The van der Waals surface area contributed by atoms with Crippen molar-refractivity contribution in [1.82, 2.24) is 0 Å². The molecular formula is C29H31N. The molecule has 30 heavy (non-hydrogen) atoms. The van der Waals surface area contributed by atoms with Gasteiger partial charge in [-0.2, -0.15) is 0 Å². The SMILES string of the molecule is CC.Cc1ccc(-c2ccc(N(c3ccccc3)c3ccccc3)cc2C)c(C)c1. The molecule has 0 heterocycles. The van der Waals surface area contributed by atoms with Crippen LogP contribution < -0.4 is 4.90 Å². The van der Waals surface area contributed by atoms with Crippen molar-refractivity contribution in [3.05, 3.63) is 114 Å². The first-order valence-corrected chi connectivity index (χ1v) is 10.7. The Bertz CT molecular complexity index is 1040. The van der Waals surface area contributed by atoms with Crippen LogP contribution in [0.1, 0.15) is 30.5 Å². The van der Waals surface area contributed by atoms with Crippen LogP contribution in [0.2, 0.25) is 0 Å². The van der Waals surface area contributed by atoms with Gasteiger partial charge in [-0.3, -0.25) is 0 Å². The average molecular weight is 394 g/mol. The first-order chi connectivity index (χ1) is 14.6. The van der Waals surface area contributed by atoms with E-state index in [9.17, 15) is 0 Å². The summed E-state index contributed by atoms with van der Waals surface area (Å²) in [5.74, 6) is 0. The molecule has 4 aromatic rings. The molecule has 0 unspecified atom stereocenters. The summed E-state index contributed by atoms with van der Waals surface area (Å²) in [6.45, 7) is 10.5. The van der Waals surface area contributed by atoms with Crippen molar-refractivity contribution in [3.63, 3.8) is 0 Å². The van der Waals surface area contributed by atoms with Gasteiger partial charge >= 0.3 is 0 Å². The zero-order valence-corrected chi connectivity index (χ0v) is 18.7. The van der Waals surface area contributed by atoms with Gasteiger partial charge in [0.1, 0.15) is 0 Å². The highest BCUT2D eigenvalue weighted by Crippen LogP contribution is 2.37. The van der Waals surface area contributed by atoms with Crippen LogP contribution in [-0.4, -0.2) is 0 Å². The normalized spacial score (nSPS) is 10.2. The minimum atomic E-state index is 1.16. The van der Waals surface area contributed by atoms with Crippen molar-refractivity contribution in [2.45, 2.75) is 34.6 Å². The Balaban J connectivity index is 0.00000124. The van der Waals surface area contributed by atoms with Gasteiger partial charge in [-0.05, 0) is 79.4 Å². The van der Waals surface area contributed by atoms with Gasteiger partial charge in [0.2, 0.25) is 0 Å². The second-order valence-corrected chi connectivity index (χ2v) is 7.32. The second kappa shape index (κ2) is 9.93. The lowest BCUT2D eigenvalue weighted by Crippen LogP contribution is -2.10. The maximum atomic E-state index is 2.30. The number of rotatable bonds is 4. The van der Waals surface area contributed by atoms with Gasteiger partial charge in [0, 0.05) is 17.1 Å². The van der Waals surface area contributed by atoms with Gasteiger partial charge in [0.15, 0.2) is 0 Å². The van der Waals surface area contributed by atoms with E-state index in [1.807, 2.05) is 13.8 Å². The number of anilines is 3. The molecule has 0 saturated carbocycles. The maximum Gasteiger partial charge on any atom is 0.0464 e. The Morgan fingerprint density at radius 1 is 0.467 bits per heavy atom. The van der Waals surface area contributed by atoms with E-state index in [2.05, 4.69) is 123 Å². The Hall–Kier alpha value is -3.32. The second-order valence-electron chi connectivity index (χ2n) is 7.32. The summed E-state index contributed by atoms with van der Waals surface area (Å²) < 4.78 is 0. The van der Waals surface area contributed by atoms with Gasteiger partial charge in [0.05, 0.1) is 0 Å². The Morgan fingerprint density at radius 3 is 1.40 bits per heavy atom. The fraction of sp³-hybridized carbons (Fsp3) is 0.172. The topological polar surface area (TPSA) is 3.24 Å².